The van der Waals surface area contributed by atoms with Gasteiger partial charge < -0.3 is 14.6 Å². The minimum atomic E-state index is -0.972. The highest BCUT2D eigenvalue weighted by molar-refractivity contribution is 5.97. The first-order chi connectivity index (χ1) is 12.5. The number of carboxylic acids is 1. The molecule has 0 unspecified atom stereocenters. The highest BCUT2D eigenvalue weighted by Gasteiger charge is 2.09. The van der Waals surface area contributed by atoms with Crippen LogP contribution in [-0.4, -0.2) is 23.7 Å². The molecular formula is C20H17NO5. The Morgan fingerprint density at radius 3 is 2.31 bits per heavy atom. The van der Waals surface area contributed by atoms with E-state index in [-0.39, 0.29) is 17.7 Å². The second kappa shape index (κ2) is 9.04. The molecule has 0 bridgehead atoms. The van der Waals surface area contributed by atoms with E-state index in [9.17, 15) is 9.59 Å². The molecule has 0 aromatic heterocycles. The first-order valence-electron chi connectivity index (χ1n) is 7.87. The Labute approximate surface area is 150 Å². The van der Waals surface area contributed by atoms with Gasteiger partial charge in [-0.1, -0.05) is 24.3 Å². The molecule has 0 radical (unpaired) electrons. The quantitative estimate of drug-likeness (QED) is 0.466. The Bertz CT molecular complexity index is 845. The predicted octanol–water partition coefficient (Wildman–Crippen LogP) is 3.43. The minimum absolute atomic E-state index is 0.0703. The average Bonchev–Trinajstić information content (AvgIpc) is 2.65. The summed E-state index contributed by atoms with van der Waals surface area (Å²) in [6, 6.07) is 15.1. The van der Waals surface area contributed by atoms with Crippen LogP contribution in [0, 0.1) is 11.3 Å². The van der Waals surface area contributed by atoms with Gasteiger partial charge in [-0.15, -0.1) is 0 Å². The van der Waals surface area contributed by atoms with Gasteiger partial charge in [-0.05, 0) is 48.4 Å². The highest BCUT2D eigenvalue weighted by Crippen LogP contribution is 2.17. The van der Waals surface area contributed by atoms with Gasteiger partial charge in [-0.25, -0.2) is 9.59 Å². The molecule has 0 aliphatic rings. The first kappa shape index (κ1) is 18.7. The Kier molecular flexibility index (Phi) is 6.52. The third-order valence-corrected chi connectivity index (χ3v) is 3.41. The van der Waals surface area contributed by atoms with Crippen LogP contribution in [0.15, 0.2) is 54.1 Å². The van der Waals surface area contributed by atoms with Crippen molar-refractivity contribution in [2.45, 2.75) is 13.5 Å². The molecule has 0 aliphatic heterocycles. The van der Waals surface area contributed by atoms with Crippen LogP contribution in [0.25, 0.3) is 6.08 Å². The summed E-state index contributed by atoms with van der Waals surface area (Å²) >= 11 is 0. The summed E-state index contributed by atoms with van der Waals surface area (Å²) < 4.78 is 10.5. The Morgan fingerprint density at radius 2 is 1.77 bits per heavy atom. The van der Waals surface area contributed by atoms with Crippen molar-refractivity contribution in [3.05, 3.63) is 70.8 Å². The summed E-state index contributed by atoms with van der Waals surface area (Å²) in [6.45, 7) is 2.17. The molecule has 0 aliphatic carbocycles. The molecule has 2 aromatic carbocycles. The normalized spacial score (nSPS) is 10.7. The maximum atomic E-state index is 11.6. The zero-order valence-electron chi connectivity index (χ0n) is 14.1. The van der Waals surface area contributed by atoms with E-state index in [4.69, 9.17) is 19.8 Å². The van der Waals surface area contributed by atoms with E-state index in [1.807, 2.05) is 6.07 Å². The van der Waals surface area contributed by atoms with Crippen LogP contribution in [-0.2, 0) is 16.1 Å². The lowest BCUT2D eigenvalue weighted by Crippen LogP contribution is -2.05. The molecule has 0 heterocycles. The van der Waals surface area contributed by atoms with Gasteiger partial charge in [0, 0.05) is 0 Å². The predicted molar refractivity (Wildman–Crippen MR) is 94.4 cm³/mol. The zero-order valence-corrected chi connectivity index (χ0v) is 14.1. The number of ether oxygens (including phenoxy) is 2. The number of nitriles is 1. The Morgan fingerprint density at radius 1 is 1.12 bits per heavy atom. The largest absolute Gasteiger partial charge is 0.489 e. The van der Waals surface area contributed by atoms with E-state index in [0.717, 1.165) is 5.56 Å². The van der Waals surface area contributed by atoms with Crippen molar-refractivity contribution >= 4 is 18.0 Å². The van der Waals surface area contributed by atoms with Gasteiger partial charge >= 0.3 is 11.9 Å². The van der Waals surface area contributed by atoms with E-state index in [1.54, 1.807) is 43.3 Å². The maximum absolute atomic E-state index is 11.6. The molecule has 0 fully saturated rings. The van der Waals surface area contributed by atoms with Crippen LogP contribution in [0.4, 0.5) is 0 Å². The molecule has 0 spiro atoms. The number of hydrogen-bond donors (Lipinski definition) is 1. The molecule has 0 atom stereocenters. The van der Waals surface area contributed by atoms with Crippen LogP contribution in [0.1, 0.15) is 28.4 Å². The molecule has 6 heteroatoms. The molecule has 0 saturated carbocycles. The Hall–Kier alpha value is -3.59. The van der Waals surface area contributed by atoms with Crippen LogP contribution in [0.2, 0.25) is 0 Å². The van der Waals surface area contributed by atoms with Crippen LogP contribution >= 0.6 is 0 Å². The standard InChI is InChI=1S/C20H17NO5/c1-2-25-20(24)17(12-21)11-14-5-9-18(10-6-14)26-13-15-3-7-16(8-4-15)19(22)23/h3-11H,2,13H2,1H3,(H,22,23)/b17-11+. The number of carboxylic acid groups (broad SMARTS) is 1. The number of benzene rings is 2. The summed E-state index contributed by atoms with van der Waals surface area (Å²) in [5.74, 6) is -1.01. The number of hydrogen-bond acceptors (Lipinski definition) is 5. The second-order valence-electron chi connectivity index (χ2n) is 5.25. The molecule has 2 rings (SSSR count). The SMILES string of the molecule is CCOC(=O)/C(C#N)=C/c1ccc(OCc2ccc(C(=O)O)cc2)cc1. The number of nitrogens with zero attached hydrogens (tertiary/aromatic N) is 1. The van der Waals surface area contributed by atoms with Crippen LogP contribution in [0.5, 0.6) is 5.75 Å². The number of carbonyl (C=O) groups excluding carboxylic acids is 1. The van der Waals surface area contributed by atoms with Crippen molar-refractivity contribution in [3.8, 4) is 11.8 Å². The third kappa shape index (κ3) is 5.21. The molecule has 132 valence electrons. The molecule has 1 N–H and O–H groups in total. The van der Waals surface area contributed by atoms with Crippen molar-refractivity contribution in [2.75, 3.05) is 6.61 Å². The first-order valence-corrected chi connectivity index (χ1v) is 7.87. The molecule has 0 amide bonds. The van der Waals surface area contributed by atoms with Crippen molar-refractivity contribution in [2.24, 2.45) is 0 Å². The number of esters is 1. The van der Waals surface area contributed by atoms with E-state index in [1.165, 1.54) is 18.2 Å². The smallest absolute Gasteiger partial charge is 0.348 e. The fourth-order valence-corrected chi connectivity index (χ4v) is 2.08. The van der Waals surface area contributed by atoms with Gasteiger partial charge in [-0.3, -0.25) is 0 Å². The summed E-state index contributed by atoms with van der Waals surface area (Å²) in [5.41, 5.74) is 1.67. The van der Waals surface area contributed by atoms with E-state index < -0.39 is 11.9 Å². The zero-order chi connectivity index (χ0) is 18.9. The summed E-state index contributed by atoms with van der Waals surface area (Å²) in [5, 5.41) is 17.9. The lowest BCUT2D eigenvalue weighted by molar-refractivity contribution is -0.137. The van der Waals surface area contributed by atoms with E-state index >= 15 is 0 Å². The topological polar surface area (TPSA) is 96.6 Å². The lowest BCUT2D eigenvalue weighted by atomic mass is 10.1. The molecule has 26 heavy (non-hydrogen) atoms. The third-order valence-electron chi connectivity index (χ3n) is 3.41. The molecule has 0 saturated heterocycles. The van der Waals surface area contributed by atoms with Crippen molar-refractivity contribution < 1.29 is 24.2 Å². The summed E-state index contributed by atoms with van der Waals surface area (Å²) in [7, 11) is 0. The van der Waals surface area contributed by atoms with Crippen LogP contribution in [0.3, 0.4) is 0 Å². The van der Waals surface area contributed by atoms with Gasteiger partial charge in [-0.2, -0.15) is 5.26 Å². The summed E-state index contributed by atoms with van der Waals surface area (Å²) in [4.78, 5) is 22.4. The highest BCUT2D eigenvalue weighted by atomic mass is 16.5. The molecule has 2 aromatic rings. The maximum Gasteiger partial charge on any atom is 0.348 e. The number of rotatable bonds is 7. The van der Waals surface area contributed by atoms with E-state index in [0.29, 0.717) is 17.9 Å². The second-order valence-corrected chi connectivity index (χ2v) is 5.25. The van der Waals surface area contributed by atoms with Gasteiger partial charge in [0.25, 0.3) is 0 Å². The van der Waals surface area contributed by atoms with Gasteiger partial charge in [0.2, 0.25) is 0 Å². The summed E-state index contributed by atoms with van der Waals surface area (Å²) in [6.07, 6.45) is 1.45. The van der Waals surface area contributed by atoms with E-state index in [2.05, 4.69) is 0 Å². The van der Waals surface area contributed by atoms with Crippen LogP contribution < -0.4 is 4.74 Å². The Balaban J connectivity index is 2.00. The number of carbonyl (C=O) groups is 2. The molecule has 6 nitrogen and oxygen atoms in total. The van der Waals surface area contributed by atoms with Crippen molar-refractivity contribution in [1.29, 1.82) is 5.26 Å². The average molecular weight is 351 g/mol. The monoisotopic (exact) mass is 351 g/mol. The van der Waals surface area contributed by atoms with Gasteiger partial charge in [0.15, 0.2) is 0 Å². The minimum Gasteiger partial charge on any atom is -0.489 e. The van der Waals surface area contributed by atoms with Crippen molar-refractivity contribution in [1.82, 2.24) is 0 Å². The number of aromatic carboxylic acids is 1. The fourth-order valence-electron chi connectivity index (χ4n) is 2.08. The van der Waals surface area contributed by atoms with Crippen molar-refractivity contribution in [3.63, 3.8) is 0 Å². The lowest BCUT2D eigenvalue weighted by Gasteiger charge is -2.07. The molecular weight excluding hydrogens is 334 g/mol. The van der Waals surface area contributed by atoms with Gasteiger partial charge in [0.05, 0.1) is 12.2 Å². The van der Waals surface area contributed by atoms with Gasteiger partial charge in [0.1, 0.15) is 24.0 Å². The fraction of sp³-hybridized carbons (Fsp3) is 0.150.